The van der Waals surface area contributed by atoms with Crippen LogP contribution in [0.25, 0.3) is 0 Å². The molecular weight excluding hydrogens is 339 g/mol. The molecule has 1 aliphatic rings. The van der Waals surface area contributed by atoms with Crippen LogP contribution in [-0.2, 0) is 0 Å². The highest BCUT2D eigenvalue weighted by Crippen LogP contribution is 2.24. The molecule has 1 aromatic carbocycles. The summed E-state index contributed by atoms with van der Waals surface area (Å²) in [4.78, 5) is 14.1. The van der Waals surface area contributed by atoms with Crippen LogP contribution in [0.1, 0.15) is 17.3 Å². The van der Waals surface area contributed by atoms with Gasteiger partial charge in [0, 0.05) is 35.7 Å². The summed E-state index contributed by atoms with van der Waals surface area (Å²) in [5, 5.41) is 3.88. The average molecular weight is 354 g/mol. The third-order valence-corrected chi connectivity index (χ3v) is 4.06. The van der Waals surface area contributed by atoms with Crippen molar-refractivity contribution in [1.82, 2.24) is 10.2 Å². The Hall–Kier alpha value is -0.290. The normalized spacial score (nSPS) is 19.3. The maximum Gasteiger partial charge on any atom is 0.254 e. The summed E-state index contributed by atoms with van der Waals surface area (Å²) in [5.41, 5.74) is 0.646. The Morgan fingerprint density at radius 1 is 1.56 bits per heavy atom. The van der Waals surface area contributed by atoms with Gasteiger partial charge in [0.25, 0.3) is 5.91 Å². The molecule has 3 nitrogen and oxygen atoms in total. The Kier molecular flexibility index (Phi) is 5.92. The zero-order valence-electron chi connectivity index (χ0n) is 9.95. The van der Waals surface area contributed by atoms with Crippen LogP contribution in [0.3, 0.4) is 0 Å². The van der Waals surface area contributed by atoms with Gasteiger partial charge in [-0.2, -0.15) is 0 Å². The summed E-state index contributed by atoms with van der Waals surface area (Å²) in [6.45, 7) is 4.41. The van der Waals surface area contributed by atoms with E-state index in [0.29, 0.717) is 16.6 Å². The van der Waals surface area contributed by atoms with Crippen molar-refractivity contribution in [1.29, 1.82) is 0 Å². The van der Waals surface area contributed by atoms with E-state index in [4.69, 9.17) is 11.6 Å². The van der Waals surface area contributed by atoms with E-state index in [9.17, 15) is 4.79 Å². The van der Waals surface area contributed by atoms with Crippen LogP contribution < -0.4 is 5.32 Å². The Morgan fingerprint density at radius 2 is 2.28 bits per heavy atom. The van der Waals surface area contributed by atoms with Crippen molar-refractivity contribution in [3.63, 3.8) is 0 Å². The van der Waals surface area contributed by atoms with Gasteiger partial charge in [-0.15, -0.1) is 12.4 Å². The molecular formula is C12H15BrCl2N2O. The molecule has 0 spiro atoms. The minimum atomic E-state index is 0. The Bertz CT molecular complexity index is 442. The number of hydrogen-bond acceptors (Lipinski definition) is 2. The standard InChI is InChI=1S/C12H14BrClN2O.ClH/c1-8-7-16(5-4-15-8)12(17)9-2-3-10(13)11(14)6-9;/h2-3,6,8,15H,4-5,7H2,1H3;1H. The van der Waals surface area contributed by atoms with Crippen molar-refractivity contribution >= 4 is 45.8 Å². The molecule has 0 bridgehead atoms. The van der Waals surface area contributed by atoms with Crippen molar-refractivity contribution < 1.29 is 4.79 Å². The van der Waals surface area contributed by atoms with Gasteiger partial charge in [-0.25, -0.2) is 0 Å². The second-order valence-corrected chi connectivity index (χ2v) is 5.50. The molecule has 2 rings (SSSR count). The van der Waals surface area contributed by atoms with Gasteiger partial charge in [0.2, 0.25) is 0 Å². The van der Waals surface area contributed by atoms with E-state index in [1.54, 1.807) is 18.2 Å². The first-order valence-electron chi connectivity index (χ1n) is 5.55. The summed E-state index contributed by atoms with van der Waals surface area (Å²) in [7, 11) is 0. The summed E-state index contributed by atoms with van der Waals surface area (Å²) < 4.78 is 0.810. The molecule has 1 heterocycles. The Labute approximate surface area is 126 Å². The van der Waals surface area contributed by atoms with Gasteiger partial charge in [0.1, 0.15) is 0 Å². The molecule has 1 fully saturated rings. The lowest BCUT2D eigenvalue weighted by molar-refractivity contribution is 0.0709. The van der Waals surface area contributed by atoms with Crippen LogP contribution in [0.15, 0.2) is 22.7 Å². The van der Waals surface area contributed by atoms with Crippen LogP contribution >= 0.6 is 39.9 Å². The number of nitrogens with zero attached hydrogens (tertiary/aromatic N) is 1. The lowest BCUT2D eigenvalue weighted by Gasteiger charge is -2.32. The average Bonchev–Trinajstić information content (AvgIpc) is 2.32. The first kappa shape index (κ1) is 15.8. The number of piperazine rings is 1. The van der Waals surface area contributed by atoms with Crippen molar-refractivity contribution in [2.24, 2.45) is 0 Å². The van der Waals surface area contributed by atoms with Gasteiger partial charge in [0.15, 0.2) is 0 Å². The van der Waals surface area contributed by atoms with E-state index in [2.05, 4.69) is 28.2 Å². The zero-order valence-corrected chi connectivity index (χ0v) is 13.1. The minimum absolute atomic E-state index is 0. The molecule has 18 heavy (non-hydrogen) atoms. The number of halogens is 3. The molecule has 1 saturated heterocycles. The molecule has 1 N–H and O–H groups in total. The third kappa shape index (κ3) is 3.60. The van der Waals surface area contributed by atoms with Gasteiger partial charge in [-0.05, 0) is 41.1 Å². The molecule has 0 aromatic heterocycles. The Balaban J connectivity index is 0.00000162. The monoisotopic (exact) mass is 352 g/mol. The predicted molar refractivity (Wildman–Crippen MR) is 79.8 cm³/mol. The van der Waals surface area contributed by atoms with Gasteiger partial charge < -0.3 is 10.2 Å². The van der Waals surface area contributed by atoms with Crippen LogP contribution in [-0.4, -0.2) is 36.5 Å². The number of hydrogen-bond donors (Lipinski definition) is 1. The highest BCUT2D eigenvalue weighted by atomic mass is 79.9. The lowest BCUT2D eigenvalue weighted by atomic mass is 10.1. The second-order valence-electron chi connectivity index (χ2n) is 4.24. The predicted octanol–water partition coefficient (Wildman–Crippen LogP) is 2.96. The zero-order chi connectivity index (χ0) is 12.4. The van der Waals surface area contributed by atoms with Gasteiger partial charge in [-0.3, -0.25) is 4.79 Å². The first-order chi connectivity index (χ1) is 8.08. The van der Waals surface area contributed by atoms with E-state index in [0.717, 1.165) is 24.1 Å². The second kappa shape index (κ2) is 6.75. The lowest BCUT2D eigenvalue weighted by Crippen LogP contribution is -2.51. The van der Waals surface area contributed by atoms with E-state index in [-0.39, 0.29) is 18.3 Å². The highest BCUT2D eigenvalue weighted by molar-refractivity contribution is 9.10. The smallest absolute Gasteiger partial charge is 0.254 e. The number of carbonyl (C=O) groups is 1. The third-order valence-electron chi connectivity index (χ3n) is 2.82. The van der Waals surface area contributed by atoms with Crippen LogP contribution in [0.2, 0.25) is 5.02 Å². The maximum atomic E-state index is 12.2. The van der Waals surface area contributed by atoms with Gasteiger partial charge in [0.05, 0.1) is 5.02 Å². The molecule has 1 atom stereocenters. The molecule has 1 aliphatic heterocycles. The molecule has 0 aliphatic carbocycles. The summed E-state index contributed by atoms with van der Waals surface area (Å²) in [5.74, 6) is 0.0488. The molecule has 0 saturated carbocycles. The van der Waals surface area contributed by atoms with E-state index in [1.807, 2.05) is 4.90 Å². The number of amides is 1. The fourth-order valence-corrected chi connectivity index (χ4v) is 2.36. The fraction of sp³-hybridized carbons (Fsp3) is 0.417. The van der Waals surface area contributed by atoms with Gasteiger partial charge in [-0.1, -0.05) is 11.6 Å². The van der Waals surface area contributed by atoms with Crippen molar-refractivity contribution in [2.75, 3.05) is 19.6 Å². The van der Waals surface area contributed by atoms with Crippen molar-refractivity contribution in [3.05, 3.63) is 33.3 Å². The maximum absolute atomic E-state index is 12.2. The van der Waals surface area contributed by atoms with Crippen molar-refractivity contribution in [2.45, 2.75) is 13.0 Å². The van der Waals surface area contributed by atoms with E-state index < -0.39 is 0 Å². The SMILES string of the molecule is CC1CN(C(=O)c2ccc(Br)c(Cl)c2)CCN1.Cl. The summed E-state index contributed by atoms with van der Waals surface area (Å²) in [6, 6.07) is 5.66. The van der Waals surface area contributed by atoms with Crippen LogP contribution in [0.4, 0.5) is 0 Å². The van der Waals surface area contributed by atoms with Crippen LogP contribution in [0.5, 0.6) is 0 Å². The van der Waals surface area contributed by atoms with Crippen molar-refractivity contribution in [3.8, 4) is 0 Å². The molecule has 1 amide bonds. The summed E-state index contributed by atoms with van der Waals surface area (Å²) >= 11 is 9.31. The molecule has 100 valence electrons. The van der Waals surface area contributed by atoms with Crippen LogP contribution in [0, 0.1) is 0 Å². The number of nitrogens with one attached hydrogen (secondary N) is 1. The number of carbonyl (C=O) groups excluding carboxylic acids is 1. The van der Waals surface area contributed by atoms with Gasteiger partial charge >= 0.3 is 0 Å². The molecule has 1 unspecified atom stereocenters. The minimum Gasteiger partial charge on any atom is -0.336 e. The summed E-state index contributed by atoms with van der Waals surface area (Å²) in [6.07, 6.45) is 0. The molecule has 0 radical (unpaired) electrons. The molecule has 1 aromatic rings. The topological polar surface area (TPSA) is 32.3 Å². The van der Waals surface area contributed by atoms with E-state index in [1.165, 1.54) is 0 Å². The fourth-order valence-electron chi connectivity index (χ4n) is 1.93. The largest absolute Gasteiger partial charge is 0.336 e. The molecule has 6 heteroatoms. The number of benzene rings is 1. The Morgan fingerprint density at radius 3 is 2.89 bits per heavy atom. The number of rotatable bonds is 1. The first-order valence-corrected chi connectivity index (χ1v) is 6.72. The quantitative estimate of drug-likeness (QED) is 0.841. The highest BCUT2D eigenvalue weighted by Gasteiger charge is 2.21. The van der Waals surface area contributed by atoms with E-state index >= 15 is 0 Å².